The van der Waals surface area contributed by atoms with E-state index in [1.165, 1.54) is 16.7 Å². The summed E-state index contributed by atoms with van der Waals surface area (Å²) in [6.07, 6.45) is 0. The van der Waals surface area contributed by atoms with Gasteiger partial charge < -0.3 is 10.6 Å². The summed E-state index contributed by atoms with van der Waals surface area (Å²) in [6.45, 7) is 6.36. The first kappa shape index (κ1) is 14.5. The normalized spacial score (nSPS) is 11.8. The second-order valence-electron chi connectivity index (χ2n) is 5.05. The van der Waals surface area contributed by atoms with Gasteiger partial charge in [-0.3, -0.25) is 0 Å². The fourth-order valence-electron chi connectivity index (χ4n) is 2.27. The minimum Gasteiger partial charge on any atom is -0.356 e. The summed E-state index contributed by atoms with van der Waals surface area (Å²) in [4.78, 5) is 0. The molecule has 2 rings (SSSR count). The molecule has 0 heterocycles. The maximum absolute atomic E-state index is 5.36. The molecule has 0 aromatic heterocycles. The van der Waals surface area contributed by atoms with Gasteiger partial charge in [0.2, 0.25) is 0 Å². The Morgan fingerprint density at radius 1 is 1.05 bits per heavy atom. The van der Waals surface area contributed by atoms with Crippen LogP contribution in [0.15, 0.2) is 48.5 Å². The Morgan fingerprint density at radius 3 is 2.40 bits per heavy atom. The first-order chi connectivity index (χ1) is 9.56. The van der Waals surface area contributed by atoms with Crippen molar-refractivity contribution < 1.29 is 0 Å². The third-order valence-corrected chi connectivity index (χ3v) is 3.49. The predicted octanol–water partition coefficient (Wildman–Crippen LogP) is 4.35. The van der Waals surface area contributed by atoms with Crippen molar-refractivity contribution in [1.29, 1.82) is 0 Å². The summed E-state index contributed by atoms with van der Waals surface area (Å²) < 4.78 is 0. The highest BCUT2D eigenvalue weighted by Crippen LogP contribution is 2.18. The van der Waals surface area contributed by atoms with E-state index in [0.717, 1.165) is 5.69 Å². The van der Waals surface area contributed by atoms with Gasteiger partial charge in [-0.2, -0.15) is 0 Å². The van der Waals surface area contributed by atoms with Crippen molar-refractivity contribution in [2.75, 3.05) is 5.32 Å². The summed E-state index contributed by atoms with van der Waals surface area (Å²) in [6, 6.07) is 16.6. The van der Waals surface area contributed by atoms with Crippen molar-refractivity contribution in [2.45, 2.75) is 26.8 Å². The van der Waals surface area contributed by atoms with Gasteiger partial charge in [-0.15, -0.1) is 0 Å². The number of hydrogen-bond donors (Lipinski definition) is 2. The Balaban J connectivity index is 2.00. The van der Waals surface area contributed by atoms with E-state index in [1.807, 2.05) is 30.3 Å². The van der Waals surface area contributed by atoms with Crippen LogP contribution in [0.2, 0.25) is 0 Å². The number of aryl methyl sites for hydroxylation is 2. The van der Waals surface area contributed by atoms with Crippen molar-refractivity contribution in [3.63, 3.8) is 0 Å². The number of para-hydroxylation sites is 1. The van der Waals surface area contributed by atoms with Gasteiger partial charge in [0.05, 0.1) is 6.04 Å². The van der Waals surface area contributed by atoms with Crippen LogP contribution in [0.1, 0.15) is 29.7 Å². The number of nitrogens with one attached hydrogen (secondary N) is 2. The number of hydrogen-bond acceptors (Lipinski definition) is 1. The Morgan fingerprint density at radius 2 is 1.75 bits per heavy atom. The Hall–Kier alpha value is -1.87. The molecule has 0 radical (unpaired) electrons. The van der Waals surface area contributed by atoms with E-state index in [-0.39, 0.29) is 6.04 Å². The molecule has 20 heavy (non-hydrogen) atoms. The minimum absolute atomic E-state index is 0.180. The number of rotatable bonds is 3. The Labute approximate surface area is 126 Å². The van der Waals surface area contributed by atoms with Crippen LogP contribution in [0, 0.1) is 13.8 Å². The van der Waals surface area contributed by atoms with Gasteiger partial charge in [0, 0.05) is 5.69 Å². The smallest absolute Gasteiger partial charge is 0.171 e. The van der Waals surface area contributed by atoms with Crippen LogP contribution in [0.25, 0.3) is 0 Å². The number of anilines is 1. The molecule has 2 aromatic rings. The topological polar surface area (TPSA) is 24.1 Å². The Bertz CT molecular complexity index is 593. The third kappa shape index (κ3) is 3.81. The summed E-state index contributed by atoms with van der Waals surface area (Å²) >= 11 is 5.36. The van der Waals surface area contributed by atoms with Gasteiger partial charge >= 0.3 is 0 Å². The lowest BCUT2D eigenvalue weighted by molar-refractivity contribution is 0.717. The monoisotopic (exact) mass is 284 g/mol. The van der Waals surface area contributed by atoms with Gasteiger partial charge in [0.15, 0.2) is 5.11 Å². The summed E-state index contributed by atoms with van der Waals surface area (Å²) in [5.41, 5.74) is 4.83. The van der Waals surface area contributed by atoms with E-state index in [1.54, 1.807) is 0 Å². The lowest BCUT2D eigenvalue weighted by Crippen LogP contribution is -2.31. The molecule has 0 fully saturated rings. The number of benzene rings is 2. The molecular weight excluding hydrogens is 264 g/mol. The van der Waals surface area contributed by atoms with Gasteiger partial charge in [-0.25, -0.2) is 0 Å². The van der Waals surface area contributed by atoms with Crippen LogP contribution >= 0.6 is 12.2 Å². The highest BCUT2D eigenvalue weighted by atomic mass is 32.1. The molecule has 0 amide bonds. The summed E-state index contributed by atoms with van der Waals surface area (Å²) in [5, 5.41) is 7.16. The van der Waals surface area contributed by atoms with Gasteiger partial charge in [-0.05, 0) is 56.2 Å². The molecule has 0 saturated heterocycles. The maximum atomic E-state index is 5.36. The van der Waals surface area contributed by atoms with Crippen LogP contribution in [0.5, 0.6) is 0 Å². The molecule has 0 saturated carbocycles. The molecule has 1 atom stereocenters. The standard InChI is InChI=1S/C17H20N2S/c1-12-9-10-16(13(2)11-12)14(3)18-17(20)19-15-7-5-4-6-8-15/h4-11,14H,1-3H3,(H2,18,19,20)/t14-/m0/s1. The molecule has 0 bridgehead atoms. The van der Waals surface area contributed by atoms with Gasteiger partial charge in [0.1, 0.15) is 0 Å². The molecule has 3 heteroatoms. The van der Waals surface area contributed by atoms with Crippen molar-refractivity contribution in [1.82, 2.24) is 5.32 Å². The van der Waals surface area contributed by atoms with E-state index < -0.39 is 0 Å². The molecule has 0 aliphatic rings. The highest BCUT2D eigenvalue weighted by Gasteiger charge is 2.09. The van der Waals surface area contributed by atoms with E-state index in [0.29, 0.717) is 5.11 Å². The molecule has 2 N–H and O–H groups in total. The molecular formula is C17H20N2S. The molecule has 0 aliphatic carbocycles. The second-order valence-corrected chi connectivity index (χ2v) is 5.45. The quantitative estimate of drug-likeness (QED) is 0.819. The number of thiocarbonyl (C=S) groups is 1. The average molecular weight is 284 g/mol. The molecule has 2 aromatic carbocycles. The molecule has 0 aliphatic heterocycles. The van der Waals surface area contributed by atoms with Crippen molar-refractivity contribution in [3.8, 4) is 0 Å². The largest absolute Gasteiger partial charge is 0.356 e. The van der Waals surface area contributed by atoms with Crippen LogP contribution in [-0.4, -0.2) is 5.11 Å². The van der Waals surface area contributed by atoms with Gasteiger partial charge in [-0.1, -0.05) is 42.0 Å². The zero-order valence-electron chi connectivity index (χ0n) is 12.1. The molecule has 2 nitrogen and oxygen atoms in total. The zero-order valence-corrected chi connectivity index (χ0v) is 12.9. The van der Waals surface area contributed by atoms with Crippen LogP contribution in [-0.2, 0) is 0 Å². The van der Waals surface area contributed by atoms with Crippen molar-refractivity contribution in [2.24, 2.45) is 0 Å². The van der Waals surface area contributed by atoms with E-state index in [9.17, 15) is 0 Å². The predicted molar refractivity (Wildman–Crippen MR) is 90.1 cm³/mol. The molecule has 0 spiro atoms. The van der Waals surface area contributed by atoms with E-state index in [4.69, 9.17) is 12.2 Å². The first-order valence-corrected chi connectivity index (χ1v) is 7.17. The molecule has 0 unspecified atom stereocenters. The second kappa shape index (κ2) is 6.53. The average Bonchev–Trinajstić information content (AvgIpc) is 2.39. The minimum atomic E-state index is 0.180. The fraction of sp³-hybridized carbons (Fsp3) is 0.235. The van der Waals surface area contributed by atoms with E-state index >= 15 is 0 Å². The lowest BCUT2D eigenvalue weighted by atomic mass is 10.0. The maximum Gasteiger partial charge on any atom is 0.171 e. The van der Waals surface area contributed by atoms with Crippen LogP contribution in [0.3, 0.4) is 0 Å². The zero-order chi connectivity index (χ0) is 14.5. The Kier molecular flexibility index (Phi) is 4.74. The fourth-order valence-corrected chi connectivity index (χ4v) is 2.57. The summed E-state index contributed by atoms with van der Waals surface area (Å²) in [7, 11) is 0. The highest BCUT2D eigenvalue weighted by molar-refractivity contribution is 7.80. The summed E-state index contributed by atoms with van der Waals surface area (Å²) in [5.74, 6) is 0. The van der Waals surface area contributed by atoms with Gasteiger partial charge in [0.25, 0.3) is 0 Å². The van der Waals surface area contributed by atoms with Crippen LogP contribution in [0.4, 0.5) is 5.69 Å². The third-order valence-electron chi connectivity index (χ3n) is 3.27. The SMILES string of the molecule is Cc1ccc([C@H](C)NC(=S)Nc2ccccc2)c(C)c1. The van der Waals surface area contributed by atoms with Crippen molar-refractivity contribution >= 4 is 23.0 Å². The van der Waals surface area contributed by atoms with E-state index in [2.05, 4.69) is 49.6 Å². The lowest BCUT2D eigenvalue weighted by Gasteiger charge is -2.19. The molecule has 104 valence electrons. The van der Waals surface area contributed by atoms with Crippen LogP contribution < -0.4 is 10.6 Å². The first-order valence-electron chi connectivity index (χ1n) is 6.76. The van der Waals surface area contributed by atoms with Crippen molar-refractivity contribution in [3.05, 3.63) is 65.2 Å².